The summed E-state index contributed by atoms with van der Waals surface area (Å²) in [6.45, 7) is 0.202. The zero-order valence-electron chi connectivity index (χ0n) is 10.7. The molecule has 5 nitrogen and oxygen atoms in total. The Kier molecular flexibility index (Phi) is 4.42. The summed E-state index contributed by atoms with van der Waals surface area (Å²) >= 11 is 5.87. The van der Waals surface area contributed by atoms with Gasteiger partial charge in [0.1, 0.15) is 12.4 Å². The molecule has 2 rings (SSSR count). The van der Waals surface area contributed by atoms with Crippen molar-refractivity contribution in [3.8, 4) is 11.5 Å². The van der Waals surface area contributed by atoms with Gasteiger partial charge in [-0.05, 0) is 29.8 Å². The number of hydrogen-bond donors (Lipinski definition) is 0. The maximum atomic E-state index is 11.0. The van der Waals surface area contributed by atoms with Crippen LogP contribution in [-0.2, 0) is 6.61 Å². The van der Waals surface area contributed by atoms with Gasteiger partial charge in [0, 0.05) is 5.02 Å². The minimum absolute atomic E-state index is 0.133. The van der Waals surface area contributed by atoms with Crippen LogP contribution in [0.25, 0.3) is 0 Å². The number of nitro groups is 1. The molecule has 0 saturated heterocycles. The van der Waals surface area contributed by atoms with Crippen molar-refractivity contribution in [2.24, 2.45) is 0 Å². The zero-order valence-corrected chi connectivity index (χ0v) is 11.5. The van der Waals surface area contributed by atoms with E-state index in [0.29, 0.717) is 10.8 Å². The van der Waals surface area contributed by atoms with Gasteiger partial charge in [-0.3, -0.25) is 10.1 Å². The molecule has 0 aromatic heterocycles. The second kappa shape index (κ2) is 6.25. The maximum absolute atomic E-state index is 11.0. The molecule has 0 aliphatic carbocycles. The van der Waals surface area contributed by atoms with Crippen LogP contribution in [0.3, 0.4) is 0 Å². The van der Waals surface area contributed by atoms with E-state index in [1.54, 1.807) is 24.3 Å². The van der Waals surface area contributed by atoms with Crippen molar-refractivity contribution < 1.29 is 14.4 Å². The zero-order chi connectivity index (χ0) is 14.5. The molecule has 6 heteroatoms. The molecule has 2 aromatic carbocycles. The number of benzene rings is 2. The Bertz CT molecular complexity index is 630. The third-order valence-corrected chi connectivity index (χ3v) is 2.88. The third kappa shape index (κ3) is 3.39. The Morgan fingerprint density at radius 3 is 2.70 bits per heavy atom. The number of halogens is 1. The van der Waals surface area contributed by atoms with E-state index in [9.17, 15) is 10.1 Å². The molecule has 0 aliphatic heterocycles. The molecule has 0 heterocycles. The van der Waals surface area contributed by atoms with Gasteiger partial charge in [0.05, 0.1) is 18.1 Å². The molecular formula is C14H12ClNO4. The van der Waals surface area contributed by atoms with Gasteiger partial charge in [0.2, 0.25) is 0 Å². The average molecular weight is 294 g/mol. The van der Waals surface area contributed by atoms with E-state index in [2.05, 4.69) is 0 Å². The van der Waals surface area contributed by atoms with Crippen molar-refractivity contribution in [2.75, 3.05) is 7.11 Å². The first-order valence-electron chi connectivity index (χ1n) is 5.80. The summed E-state index contributed by atoms with van der Waals surface area (Å²) in [4.78, 5) is 10.5. The van der Waals surface area contributed by atoms with Crippen LogP contribution in [0.15, 0.2) is 42.5 Å². The van der Waals surface area contributed by atoms with Gasteiger partial charge in [0.25, 0.3) is 0 Å². The molecule has 104 valence electrons. The lowest BCUT2D eigenvalue weighted by atomic mass is 10.2. The number of nitro benzene ring substituents is 1. The van der Waals surface area contributed by atoms with Gasteiger partial charge in [-0.15, -0.1) is 0 Å². The quantitative estimate of drug-likeness (QED) is 0.621. The second-order valence-electron chi connectivity index (χ2n) is 4.01. The monoisotopic (exact) mass is 293 g/mol. The largest absolute Gasteiger partial charge is 0.496 e. The van der Waals surface area contributed by atoms with E-state index < -0.39 is 4.92 Å². The maximum Gasteiger partial charge on any atom is 0.314 e. The van der Waals surface area contributed by atoms with Crippen LogP contribution in [0.4, 0.5) is 5.69 Å². The number of hydrogen-bond acceptors (Lipinski definition) is 4. The molecular weight excluding hydrogens is 282 g/mol. The summed E-state index contributed by atoms with van der Waals surface area (Å²) < 4.78 is 10.4. The minimum atomic E-state index is -0.504. The summed E-state index contributed by atoms with van der Waals surface area (Å²) in [5, 5.41) is 11.6. The van der Waals surface area contributed by atoms with Gasteiger partial charge in [-0.2, -0.15) is 0 Å². The van der Waals surface area contributed by atoms with Crippen molar-refractivity contribution in [3.63, 3.8) is 0 Å². The molecule has 0 fully saturated rings. The Morgan fingerprint density at radius 1 is 1.25 bits per heavy atom. The normalized spacial score (nSPS) is 10.1. The van der Waals surface area contributed by atoms with Crippen LogP contribution in [-0.4, -0.2) is 12.0 Å². The van der Waals surface area contributed by atoms with Gasteiger partial charge >= 0.3 is 5.69 Å². The number of nitrogens with zero attached hydrogens (tertiary/aromatic N) is 1. The van der Waals surface area contributed by atoms with Crippen molar-refractivity contribution in [1.29, 1.82) is 0 Å². The lowest BCUT2D eigenvalue weighted by Crippen LogP contribution is -1.99. The molecule has 0 bridgehead atoms. The lowest BCUT2D eigenvalue weighted by molar-refractivity contribution is -0.386. The summed E-state index contributed by atoms with van der Waals surface area (Å²) in [5.74, 6) is 0.600. The Balaban J connectivity index is 2.18. The fourth-order valence-corrected chi connectivity index (χ4v) is 1.89. The number of methoxy groups -OCH3 is 1. The lowest BCUT2D eigenvalue weighted by Gasteiger charge is -2.08. The highest BCUT2D eigenvalue weighted by molar-refractivity contribution is 6.30. The topological polar surface area (TPSA) is 61.6 Å². The Labute approximate surface area is 120 Å². The van der Waals surface area contributed by atoms with Crippen LogP contribution in [0, 0.1) is 10.1 Å². The highest BCUT2D eigenvalue weighted by Crippen LogP contribution is 2.31. The first-order chi connectivity index (χ1) is 9.60. The van der Waals surface area contributed by atoms with E-state index in [1.165, 1.54) is 19.2 Å². The SMILES string of the molecule is COc1ccc(OCc2cccc(Cl)c2)c([N+](=O)[O-])c1. The minimum Gasteiger partial charge on any atom is -0.496 e. The molecule has 20 heavy (non-hydrogen) atoms. The molecule has 0 N–H and O–H groups in total. The van der Waals surface area contributed by atoms with Gasteiger partial charge in [-0.25, -0.2) is 0 Å². The van der Waals surface area contributed by atoms with Crippen LogP contribution in [0.5, 0.6) is 11.5 Å². The molecule has 0 aliphatic rings. The van der Waals surface area contributed by atoms with E-state index in [0.717, 1.165) is 5.56 Å². The van der Waals surface area contributed by atoms with E-state index in [4.69, 9.17) is 21.1 Å². The summed E-state index contributed by atoms with van der Waals surface area (Å²) in [7, 11) is 1.45. The van der Waals surface area contributed by atoms with E-state index in [-0.39, 0.29) is 18.0 Å². The third-order valence-electron chi connectivity index (χ3n) is 2.65. The van der Waals surface area contributed by atoms with E-state index in [1.807, 2.05) is 6.07 Å². The second-order valence-corrected chi connectivity index (χ2v) is 4.45. The van der Waals surface area contributed by atoms with Gasteiger partial charge in [0.15, 0.2) is 5.75 Å². The van der Waals surface area contributed by atoms with Crippen molar-refractivity contribution in [2.45, 2.75) is 6.61 Å². The van der Waals surface area contributed by atoms with Gasteiger partial charge in [-0.1, -0.05) is 23.7 Å². The Morgan fingerprint density at radius 2 is 2.05 bits per heavy atom. The summed E-state index contributed by atoms with van der Waals surface area (Å²) in [6, 6.07) is 11.6. The molecule has 2 aromatic rings. The standard InChI is InChI=1S/C14H12ClNO4/c1-19-12-5-6-14(13(8-12)16(17)18)20-9-10-3-2-4-11(15)7-10/h2-8H,9H2,1H3. The van der Waals surface area contributed by atoms with Gasteiger partial charge < -0.3 is 9.47 Å². The number of rotatable bonds is 5. The molecule has 0 atom stereocenters. The molecule has 0 radical (unpaired) electrons. The first kappa shape index (κ1) is 14.1. The van der Waals surface area contributed by atoms with E-state index >= 15 is 0 Å². The first-order valence-corrected chi connectivity index (χ1v) is 6.17. The fourth-order valence-electron chi connectivity index (χ4n) is 1.68. The van der Waals surface area contributed by atoms with Crippen molar-refractivity contribution in [1.82, 2.24) is 0 Å². The summed E-state index contributed by atoms with van der Waals surface area (Å²) in [5.41, 5.74) is 0.703. The van der Waals surface area contributed by atoms with Crippen molar-refractivity contribution >= 4 is 17.3 Å². The van der Waals surface area contributed by atoms with Crippen LogP contribution >= 0.6 is 11.6 Å². The molecule has 0 spiro atoms. The average Bonchev–Trinajstić information content (AvgIpc) is 2.45. The molecule has 0 saturated carbocycles. The van der Waals surface area contributed by atoms with Crippen LogP contribution in [0.2, 0.25) is 5.02 Å². The van der Waals surface area contributed by atoms with Crippen LogP contribution in [0.1, 0.15) is 5.56 Å². The highest BCUT2D eigenvalue weighted by atomic mass is 35.5. The molecule has 0 unspecified atom stereocenters. The Hall–Kier alpha value is -2.27. The molecule has 0 amide bonds. The smallest absolute Gasteiger partial charge is 0.314 e. The highest BCUT2D eigenvalue weighted by Gasteiger charge is 2.16. The predicted octanol–water partition coefficient (Wildman–Crippen LogP) is 3.84. The fraction of sp³-hybridized carbons (Fsp3) is 0.143. The van der Waals surface area contributed by atoms with Crippen molar-refractivity contribution in [3.05, 3.63) is 63.2 Å². The predicted molar refractivity (Wildman–Crippen MR) is 75.4 cm³/mol. The van der Waals surface area contributed by atoms with Crippen LogP contribution < -0.4 is 9.47 Å². The number of ether oxygens (including phenoxy) is 2. The summed E-state index contributed by atoms with van der Waals surface area (Å²) in [6.07, 6.45) is 0.